The number of halogens is 1. The molecule has 0 aliphatic rings. The number of aromatic nitrogens is 2. The van der Waals surface area contributed by atoms with E-state index in [9.17, 15) is 0 Å². The van der Waals surface area contributed by atoms with Crippen molar-refractivity contribution in [3.8, 4) is 23.1 Å². The predicted molar refractivity (Wildman–Crippen MR) is 116 cm³/mol. The van der Waals surface area contributed by atoms with E-state index in [4.69, 9.17) is 19.3 Å². The number of aliphatic hydroxyl groups excluding tert-OH is 1. The molecule has 0 radical (unpaired) electrons. The molecule has 0 fully saturated rings. The third kappa shape index (κ3) is 5.75. The topological polar surface area (TPSA) is 85.7 Å². The lowest BCUT2D eigenvalue weighted by Gasteiger charge is -2.16. The fraction of sp³-hybridized carbons (Fsp3) is 0.200. The molecule has 0 unspecified atom stereocenters. The molecule has 1 heterocycles. The van der Waals surface area contributed by atoms with Crippen molar-refractivity contribution in [1.82, 2.24) is 9.97 Å². The minimum atomic E-state index is -0.156. The number of nitrogens with zero attached hydrogens (tertiary/aromatic N) is 2. The number of benzene rings is 2. The third-order valence-corrected chi connectivity index (χ3v) is 4.86. The molecule has 0 aliphatic heterocycles. The maximum atomic E-state index is 9.14. The summed E-state index contributed by atoms with van der Waals surface area (Å²) in [6, 6.07) is 15.3. The Hall–Kier alpha value is -2.49. The van der Waals surface area contributed by atoms with Crippen molar-refractivity contribution in [2.45, 2.75) is 11.8 Å². The molecule has 3 aromatic rings. The largest absolute Gasteiger partial charge is 0.493 e. The summed E-state index contributed by atoms with van der Waals surface area (Å²) in [6.45, 7) is 1.94. The lowest BCUT2D eigenvalue weighted by molar-refractivity contribution is 0.192. The van der Waals surface area contributed by atoms with E-state index in [1.54, 1.807) is 19.2 Å². The number of anilines is 1. The van der Waals surface area contributed by atoms with E-state index in [1.807, 2.05) is 43.3 Å². The molecule has 152 valence electrons. The molecule has 1 aromatic heterocycles. The van der Waals surface area contributed by atoms with Crippen LogP contribution in [0.2, 0.25) is 0 Å². The summed E-state index contributed by atoms with van der Waals surface area (Å²) in [5, 5.41) is 9.14. The summed E-state index contributed by atoms with van der Waals surface area (Å²) >= 11 is 4.68. The van der Waals surface area contributed by atoms with Crippen LogP contribution in [0, 0.1) is 6.92 Å². The van der Waals surface area contributed by atoms with Crippen LogP contribution < -0.4 is 18.9 Å². The quantitative estimate of drug-likeness (QED) is 0.334. The summed E-state index contributed by atoms with van der Waals surface area (Å²) in [6.07, 6.45) is 0. The molecular weight excluding hydrogens is 458 g/mol. The second-order valence-corrected chi connectivity index (χ2v) is 7.41. The van der Waals surface area contributed by atoms with Crippen LogP contribution >= 0.6 is 27.9 Å². The zero-order valence-electron chi connectivity index (χ0n) is 15.9. The van der Waals surface area contributed by atoms with Gasteiger partial charge >= 0.3 is 0 Å². The Morgan fingerprint density at radius 3 is 2.48 bits per heavy atom. The fourth-order valence-corrected chi connectivity index (χ4v) is 3.30. The average Bonchev–Trinajstić information content (AvgIpc) is 2.73. The van der Waals surface area contributed by atoms with Crippen LogP contribution in [0.3, 0.4) is 0 Å². The van der Waals surface area contributed by atoms with E-state index >= 15 is 0 Å². The van der Waals surface area contributed by atoms with Crippen molar-refractivity contribution in [3.05, 3.63) is 58.8 Å². The molecule has 7 nitrogen and oxygen atoms in total. The van der Waals surface area contributed by atoms with Crippen molar-refractivity contribution in [1.29, 1.82) is 0 Å². The van der Waals surface area contributed by atoms with Gasteiger partial charge in [0.25, 0.3) is 5.88 Å². The first-order valence-electron chi connectivity index (χ1n) is 8.72. The number of para-hydroxylation sites is 2. The van der Waals surface area contributed by atoms with Gasteiger partial charge in [0.05, 0.1) is 13.7 Å². The molecule has 0 saturated heterocycles. The van der Waals surface area contributed by atoms with Crippen molar-refractivity contribution in [2.75, 3.05) is 25.0 Å². The van der Waals surface area contributed by atoms with Crippen LogP contribution in [0.1, 0.15) is 5.56 Å². The van der Waals surface area contributed by atoms with Gasteiger partial charge in [0, 0.05) is 4.90 Å². The van der Waals surface area contributed by atoms with Crippen LogP contribution in [0.4, 0.5) is 5.82 Å². The summed E-state index contributed by atoms with van der Waals surface area (Å²) < 4.78 is 20.5. The monoisotopic (exact) mass is 477 g/mol. The van der Waals surface area contributed by atoms with Crippen LogP contribution in [0.5, 0.6) is 23.1 Å². The Labute approximate surface area is 181 Å². The van der Waals surface area contributed by atoms with Crippen molar-refractivity contribution >= 4 is 33.7 Å². The number of nitrogens with one attached hydrogen (secondary N) is 1. The van der Waals surface area contributed by atoms with Gasteiger partial charge in [-0.05, 0) is 59.1 Å². The Bertz CT molecular complexity index is 957. The Kier molecular flexibility index (Phi) is 7.56. The Morgan fingerprint density at radius 1 is 1.07 bits per heavy atom. The zero-order chi connectivity index (χ0) is 20.6. The number of hydrogen-bond donors (Lipinski definition) is 2. The smallest absolute Gasteiger partial charge is 0.264 e. The van der Waals surface area contributed by atoms with Gasteiger partial charge in [-0.15, -0.1) is 0 Å². The lowest BCUT2D eigenvalue weighted by Crippen LogP contribution is -2.07. The number of ether oxygens (including phenoxy) is 3. The first kappa shape index (κ1) is 21.2. The molecular formula is C20H20BrN3O4S. The molecule has 29 heavy (non-hydrogen) atoms. The first-order valence-corrected chi connectivity index (χ1v) is 10.3. The van der Waals surface area contributed by atoms with E-state index in [2.05, 4.69) is 30.6 Å². The van der Waals surface area contributed by atoms with Crippen molar-refractivity contribution in [3.63, 3.8) is 0 Å². The SMILES string of the molecule is COc1ccccc1Oc1c(NSc2ccc(C)cc2)nc(Br)nc1OCCO. The van der Waals surface area contributed by atoms with Gasteiger partial charge in [-0.2, -0.15) is 9.97 Å². The second-order valence-electron chi connectivity index (χ2n) is 5.82. The molecule has 3 rings (SSSR count). The minimum absolute atomic E-state index is 0.0658. The highest BCUT2D eigenvalue weighted by atomic mass is 79.9. The number of methoxy groups -OCH3 is 1. The van der Waals surface area contributed by atoms with Gasteiger partial charge in [0.1, 0.15) is 6.61 Å². The number of aryl methyl sites for hydroxylation is 1. The van der Waals surface area contributed by atoms with Crippen LogP contribution in [0.25, 0.3) is 0 Å². The van der Waals surface area contributed by atoms with Crippen LogP contribution in [-0.4, -0.2) is 35.4 Å². The summed E-state index contributed by atoms with van der Waals surface area (Å²) in [5.74, 6) is 1.93. The van der Waals surface area contributed by atoms with Gasteiger partial charge in [0.15, 0.2) is 17.3 Å². The van der Waals surface area contributed by atoms with Crippen LogP contribution in [0.15, 0.2) is 58.2 Å². The van der Waals surface area contributed by atoms with E-state index < -0.39 is 0 Å². The zero-order valence-corrected chi connectivity index (χ0v) is 18.3. The highest BCUT2D eigenvalue weighted by molar-refractivity contribution is 9.10. The molecule has 2 aromatic carbocycles. The molecule has 0 spiro atoms. The lowest BCUT2D eigenvalue weighted by atomic mass is 10.2. The predicted octanol–water partition coefficient (Wildman–Crippen LogP) is 4.84. The van der Waals surface area contributed by atoms with E-state index in [-0.39, 0.29) is 24.8 Å². The molecule has 9 heteroatoms. The van der Waals surface area contributed by atoms with Crippen molar-refractivity contribution in [2.24, 2.45) is 0 Å². The number of hydrogen-bond acceptors (Lipinski definition) is 8. The molecule has 2 N–H and O–H groups in total. The molecule has 0 atom stereocenters. The third-order valence-electron chi connectivity index (χ3n) is 3.70. The second kappa shape index (κ2) is 10.3. The first-order chi connectivity index (χ1) is 14.1. The maximum absolute atomic E-state index is 9.14. The molecule has 0 amide bonds. The normalized spacial score (nSPS) is 10.5. The highest BCUT2D eigenvalue weighted by Crippen LogP contribution is 2.41. The standard InChI is InChI=1S/C20H20BrN3O4S/c1-13-7-9-14(10-8-13)29-24-18-17(19(27-12-11-25)23-20(21)22-18)28-16-6-4-3-5-15(16)26-2/h3-10,25H,11-12H2,1-2H3,(H,22,23,24). The Balaban J connectivity index is 1.94. The number of aliphatic hydroxyl groups is 1. The molecule has 0 saturated carbocycles. The highest BCUT2D eigenvalue weighted by Gasteiger charge is 2.20. The van der Waals surface area contributed by atoms with Crippen molar-refractivity contribution < 1.29 is 19.3 Å². The van der Waals surface area contributed by atoms with Gasteiger partial charge in [-0.25, -0.2) is 0 Å². The molecule has 0 aliphatic carbocycles. The minimum Gasteiger partial charge on any atom is -0.493 e. The summed E-state index contributed by atoms with van der Waals surface area (Å²) in [7, 11) is 1.57. The van der Waals surface area contributed by atoms with Gasteiger partial charge < -0.3 is 24.0 Å². The number of rotatable bonds is 9. The molecule has 0 bridgehead atoms. The van der Waals surface area contributed by atoms with E-state index in [0.717, 1.165) is 4.90 Å². The average molecular weight is 478 g/mol. The fourth-order valence-electron chi connectivity index (χ4n) is 2.33. The van der Waals surface area contributed by atoms with Gasteiger partial charge in [0.2, 0.25) is 10.5 Å². The van der Waals surface area contributed by atoms with Gasteiger partial charge in [-0.3, -0.25) is 0 Å². The van der Waals surface area contributed by atoms with E-state index in [1.165, 1.54) is 17.5 Å². The van der Waals surface area contributed by atoms with E-state index in [0.29, 0.717) is 22.1 Å². The van der Waals surface area contributed by atoms with Gasteiger partial charge in [-0.1, -0.05) is 29.8 Å². The summed E-state index contributed by atoms with van der Waals surface area (Å²) in [5.41, 5.74) is 1.18. The maximum Gasteiger partial charge on any atom is 0.264 e. The Morgan fingerprint density at radius 2 is 1.79 bits per heavy atom. The van der Waals surface area contributed by atoms with Crippen LogP contribution in [-0.2, 0) is 0 Å². The summed E-state index contributed by atoms with van der Waals surface area (Å²) in [4.78, 5) is 9.64.